The summed E-state index contributed by atoms with van der Waals surface area (Å²) < 4.78 is 18.6. The smallest absolute Gasteiger partial charge is 0.220 e. The highest BCUT2D eigenvalue weighted by atomic mass is 19.1. The molecule has 0 bridgehead atoms. The second kappa shape index (κ2) is 3.82. The Bertz CT molecular complexity index is 479. The van der Waals surface area contributed by atoms with Crippen molar-refractivity contribution in [2.24, 2.45) is 0 Å². The molecule has 1 aromatic heterocycles. The normalized spacial score (nSPS) is 10.6. The molecule has 1 aromatic carbocycles. The monoisotopic (exact) mass is 207 g/mol. The Morgan fingerprint density at radius 3 is 2.73 bits per heavy atom. The van der Waals surface area contributed by atoms with Crippen LogP contribution in [0.2, 0.25) is 0 Å². The van der Waals surface area contributed by atoms with Crippen LogP contribution in [-0.4, -0.2) is 10.1 Å². The summed E-state index contributed by atoms with van der Waals surface area (Å²) in [6, 6.07) is 6.30. The Kier molecular flexibility index (Phi) is 2.51. The van der Waals surface area contributed by atoms with Crippen molar-refractivity contribution in [2.45, 2.75) is 13.5 Å². The SMILES string of the molecule is Cc1nc(CO)oc1-c1ccccc1F. The van der Waals surface area contributed by atoms with Crippen LogP contribution in [0.3, 0.4) is 0 Å². The Hall–Kier alpha value is -1.68. The van der Waals surface area contributed by atoms with Gasteiger partial charge in [0.25, 0.3) is 0 Å². The van der Waals surface area contributed by atoms with Gasteiger partial charge < -0.3 is 9.52 Å². The lowest BCUT2D eigenvalue weighted by Crippen LogP contribution is -1.83. The van der Waals surface area contributed by atoms with E-state index in [1.807, 2.05) is 0 Å². The molecular weight excluding hydrogens is 197 g/mol. The lowest BCUT2D eigenvalue weighted by Gasteiger charge is -1.98. The summed E-state index contributed by atoms with van der Waals surface area (Å²) in [6.45, 7) is 1.43. The summed E-state index contributed by atoms with van der Waals surface area (Å²) in [5, 5.41) is 8.84. The van der Waals surface area contributed by atoms with E-state index >= 15 is 0 Å². The molecule has 0 atom stereocenters. The van der Waals surface area contributed by atoms with E-state index in [4.69, 9.17) is 9.52 Å². The van der Waals surface area contributed by atoms with Crippen LogP contribution in [0, 0.1) is 12.7 Å². The second-order valence-corrected chi connectivity index (χ2v) is 3.16. The van der Waals surface area contributed by atoms with Gasteiger partial charge in [0, 0.05) is 0 Å². The number of aliphatic hydroxyl groups is 1. The number of nitrogens with zero attached hydrogens (tertiary/aromatic N) is 1. The molecule has 0 radical (unpaired) electrons. The number of halogens is 1. The zero-order valence-corrected chi connectivity index (χ0v) is 8.20. The van der Waals surface area contributed by atoms with Gasteiger partial charge in [-0.25, -0.2) is 9.37 Å². The van der Waals surface area contributed by atoms with Gasteiger partial charge in [0.2, 0.25) is 5.89 Å². The van der Waals surface area contributed by atoms with Crippen molar-refractivity contribution >= 4 is 0 Å². The molecular formula is C11H10FNO2. The van der Waals surface area contributed by atoms with E-state index in [0.29, 0.717) is 17.0 Å². The first kappa shape index (κ1) is 9.86. The van der Waals surface area contributed by atoms with Gasteiger partial charge >= 0.3 is 0 Å². The van der Waals surface area contributed by atoms with E-state index in [1.165, 1.54) is 6.07 Å². The molecule has 0 saturated carbocycles. The third-order valence-corrected chi connectivity index (χ3v) is 2.09. The number of benzene rings is 1. The van der Waals surface area contributed by atoms with Crippen LogP contribution in [0.1, 0.15) is 11.6 Å². The average Bonchev–Trinajstić information content (AvgIpc) is 2.60. The molecule has 1 N–H and O–H groups in total. The van der Waals surface area contributed by atoms with E-state index in [2.05, 4.69) is 4.98 Å². The lowest BCUT2D eigenvalue weighted by atomic mass is 10.1. The topological polar surface area (TPSA) is 46.3 Å². The Balaban J connectivity index is 2.54. The Morgan fingerprint density at radius 2 is 2.13 bits per heavy atom. The third kappa shape index (κ3) is 1.76. The van der Waals surface area contributed by atoms with E-state index in [1.54, 1.807) is 25.1 Å². The maximum atomic E-state index is 13.4. The maximum absolute atomic E-state index is 13.4. The van der Waals surface area contributed by atoms with Gasteiger partial charge in [0.15, 0.2) is 5.76 Å². The van der Waals surface area contributed by atoms with Crippen molar-refractivity contribution in [3.05, 3.63) is 41.7 Å². The summed E-state index contributed by atoms with van der Waals surface area (Å²) in [7, 11) is 0. The number of hydrogen-bond donors (Lipinski definition) is 1. The van der Waals surface area contributed by atoms with Crippen molar-refractivity contribution in [3.63, 3.8) is 0 Å². The quantitative estimate of drug-likeness (QED) is 0.821. The van der Waals surface area contributed by atoms with Crippen molar-refractivity contribution in [1.29, 1.82) is 0 Å². The highest BCUT2D eigenvalue weighted by Gasteiger charge is 2.14. The second-order valence-electron chi connectivity index (χ2n) is 3.16. The van der Waals surface area contributed by atoms with Gasteiger partial charge in [-0.1, -0.05) is 12.1 Å². The molecule has 15 heavy (non-hydrogen) atoms. The minimum atomic E-state index is -0.360. The predicted molar refractivity (Wildman–Crippen MR) is 52.6 cm³/mol. The number of aromatic nitrogens is 1. The van der Waals surface area contributed by atoms with Crippen molar-refractivity contribution < 1.29 is 13.9 Å². The molecule has 0 fully saturated rings. The fourth-order valence-corrected chi connectivity index (χ4v) is 1.42. The number of aliphatic hydroxyl groups excluding tert-OH is 1. The number of hydrogen-bond acceptors (Lipinski definition) is 3. The molecule has 0 unspecified atom stereocenters. The Labute approximate surface area is 86.2 Å². The molecule has 0 aliphatic carbocycles. The summed E-state index contributed by atoms with van der Waals surface area (Å²) >= 11 is 0. The minimum absolute atomic E-state index is 0.200. The van der Waals surface area contributed by atoms with Gasteiger partial charge in [-0.3, -0.25) is 0 Å². The van der Waals surface area contributed by atoms with Crippen LogP contribution in [0.5, 0.6) is 0 Å². The largest absolute Gasteiger partial charge is 0.438 e. The molecule has 2 rings (SSSR count). The first-order valence-electron chi connectivity index (χ1n) is 4.54. The van der Waals surface area contributed by atoms with Crippen molar-refractivity contribution in [2.75, 3.05) is 0 Å². The van der Waals surface area contributed by atoms with Gasteiger partial charge in [-0.05, 0) is 19.1 Å². The van der Waals surface area contributed by atoms with Crippen LogP contribution in [0.25, 0.3) is 11.3 Å². The zero-order valence-electron chi connectivity index (χ0n) is 8.20. The molecule has 0 amide bonds. The molecule has 78 valence electrons. The third-order valence-electron chi connectivity index (χ3n) is 2.09. The molecule has 0 spiro atoms. The van der Waals surface area contributed by atoms with Crippen LogP contribution >= 0.6 is 0 Å². The van der Waals surface area contributed by atoms with E-state index in [-0.39, 0.29) is 18.3 Å². The molecule has 0 saturated heterocycles. The van der Waals surface area contributed by atoms with Crippen molar-refractivity contribution in [3.8, 4) is 11.3 Å². The van der Waals surface area contributed by atoms with Crippen molar-refractivity contribution in [1.82, 2.24) is 4.98 Å². The maximum Gasteiger partial charge on any atom is 0.220 e. The summed E-state index contributed by atoms with van der Waals surface area (Å²) in [6.07, 6.45) is 0. The number of rotatable bonds is 2. The van der Waals surface area contributed by atoms with Crippen LogP contribution < -0.4 is 0 Å². The van der Waals surface area contributed by atoms with Crippen LogP contribution in [0.15, 0.2) is 28.7 Å². The van der Waals surface area contributed by atoms with Gasteiger partial charge in [0.05, 0.1) is 11.3 Å². The molecule has 3 nitrogen and oxygen atoms in total. The standard InChI is InChI=1S/C11H10FNO2/c1-7-11(15-10(6-14)13-7)8-4-2-3-5-9(8)12/h2-5,14H,6H2,1H3. The summed E-state index contributed by atoms with van der Waals surface area (Å²) in [5.41, 5.74) is 0.936. The molecule has 1 heterocycles. The van der Waals surface area contributed by atoms with E-state index < -0.39 is 0 Å². The fourth-order valence-electron chi connectivity index (χ4n) is 1.42. The predicted octanol–water partition coefficient (Wildman–Crippen LogP) is 2.28. The number of oxazole rings is 1. The molecule has 0 aliphatic heterocycles. The first-order chi connectivity index (χ1) is 7.22. The van der Waals surface area contributed by atoms with Gasteiger partial charge in [-0.2, -0.15) is 0 Å². The first-order valence-corrected chi connectivity index (χ1v) is 4.54. The zero-order chi connectivity index (χ0) is 10.8. The van der Waals surface area contributed by atoms with Crippen LogP contribution in [-0.2, 0) is 6.61 Å². The highest BCUT2D eigenvalue weighted by molar-refractivity contribution is 5.60. The highest BCUT2D eigenvalue weighted by Crippen LogP contribution is 2.26. The summed E-state index contributed by atoms with van der Waals surface area (Å²) in [5.74, 6) is 0.212. The van der Waals surface area contributed by atoms with Gasteiger partial charge in [0.1, 0.15) is 12.4 Å². The van der Waals surface area contributed by atoms with E-state index in [9.17, 15) is 4.39 Å². The minimum Gasteiger partial charge on any atom is -0.438 e. The molecule has 2 aromatic rings. The summed E-state index contributed by atoms with van der Waals surface area (Å²) in [4.78, 5) is 3.96. The molecule has 4 heteroatoms. The van der Waals surface area contributed by atoms with E-state index in [0.717, 1.165) is 0 Å². The molecule has 0 aliphatic rings. The van der Waals surface area contributed by atoms with Gasteiger partial charge in [-0.15, -0.1) is 0 Å². The lowest BCUT2D eigenvalue weighted by molar-refractivity contribution is 0.241. The fraction of sp³-hybridized carbons (Fsp3) is 0.182. The Morgan fingerprint density at radius 1 is 1.40 bits per heavy atom. The number of aryl methyl sites for hydroxylation is 1. The van der Waals surface area contributed by atoms with Crippen LogP contribution in [0.4, 0.5) is 4.39 Å². The average molecular weight is 207 g/mol.